The molecule has 4 heterocycles. The molecule has 2 aromatic heterocycles. The van der Waals surface area contributed by atoms with Crippen LogP contribution in [-0.2, 0) is 16.0 Å². The Hall–Kier alpha value is -3.62. The molecule has 14 heteroatoms. The summed E-state index contributed by atoms with van der Waals surface area (Å²) >= 11 is 10.0. The molecular formula is C33H36Br3N7O4. The van der Waals surface area contributed by atoms with Crippen LogP contribution >= 0.6 is 47.8 Å². The van der Waals surface area contributed by atoms with Crippen LogP contribution in [0.5, 0.6) is 11.5 Å². The van der Waals surface area contributed by atoms with E-state index in [1.165, 1.54) is 0 Å². The lowest BCUT2D eigenvalue weighted by Gasteiger charge is -2.15. The lowest BCUT2D eigenvalue weighted by molar-refractivity contribution is -0.120. The molecule has 2 atom stereocenters. The second-order valence-electron chi connectivity index (χ2n) is 10.8. The summed E-state index contributed by atoms with van der Waals surface area (Å²) in [5, 5.41) is 0. The fraction of sp³-hybridized carbons (Fsp3) is 0.333. The summed E-state index contributed by atoms with van der Waals surface area (Å²) in [7, 11) is 3.27. The largest absolute Gasteiger partial charge is 0.497 e. The van der Waals surface area contributed by atoms with Gasteiger partial charge >= 0.3 is 0 Å². The first-order valence-corrected chi connectivity index (χ1v) is 17.3. The number of carbonyl (C=O) groups is 2. The van der Waals surface area contributed by atoms with Gasteiger partial charge in [-0.05, 0) is 94.8 Å². The number of nitrogens with zero attached hydrogens (tertiary/aromatic N) is 6. The summed E-state index contributed by atoms with van der Waals surface area (Å²) < 4.78 is 11.9. The highest BCUT2D eigenvalue weighted by Crippen LogP contribution is 2.28. The molecular weight excluding hydrogens is 798 g/mol. The zero-order valence-corrected chi connectivity index (χ0v) is 31.2. The number of halogens is 3. The summed E-state index contributed by atoms with van der Waals surface area (Å²) in [5.74, 6) is 2.69. The molecule has 2 unspecified atom stereocenters. The first kappa shape index (κ1) is 36.2. The minimum absolute atomic E-state index is 0.0327. The third-order valence-corrected chi connectivity index (χ3v) is 9.87. The van der Waals surface area contributed by atoms with Crippen molar-refractivity contribution in [2.45, 2.75) is 37.9 Å². The average molecular weight is 834 g/mol. The van der Waals surface area contributed by atoms with Crippen molar-refractivity contribution in [2.24, 2.45) is 5.92 Å². The number of amides is 2. The number of nitrogens with two attached hydrogens (primary N) is 1. The van der Waals surface area contributed by atoms with Crippen molar-refractivity contribution in [1.82, 2.24) is 19.9 Å². The first-order valence-electron chi connectivity index (χ1n) is 14.8. The number of aromatic nitrogens is 4. The summed E-state index contributed by atoms with van der Waals surface area (Å²) in [6.07, 6.45) is 5.70. The Morgan fingerprint density at radius 3 is 1.83 bits per heavy atom. The smallest absolute Gasteiger partial charge is 0.243 e. The molecule has 2 fully saturated rings. The number of benzene rings is 2. The number of hydrogen-bond acceptors (Lipinski definition) is 9. The average Bonchev–Trinajstić information content (AvgIpc) is 3.60. The normalized spacial score (nSPS) is 17.1. The Kier molecular flexibility index (Phi) is 13.1. The van der Waals surface area contributed by atoms with Crippen LogP contribution in [0, 0.1) is 19.8 Å². The van der Waals surface area contributed by atoms with Crippen LogP contribution in [0.3, 0.4) is 0 Å². The molecule has 6 rings (SSSR count). The highest BCUT2D eigenvalue weighted by Gasteiger charge is 2.34. The third kappa shape index (κ3) is 9.71. The molecule has 0 bridgehead atoms. The molecule has 2 amide bonds. The topological polar surface area (TPSA) is 137 Å². The fourth-order valence-electron chi connectivity index (χ4n) is 4.84. The Morgan fingerprint density at radius 2 is 1.34 bits per heavy atom. The summed E-state index contributed by atoms with van der Waals surface area (Å²) in [6.45, 7) is 5.11. The molecule has 47 heavy (non-hydrogen) atoms. The van der Waals surface area contributed by atoms with Crippen LogP contribution in [0.4, 0.5) is 17.6 Å². The van der Waals surface area contributed by atoms with E-state index in [9.17, 15) is 9.59 Å². The first-order chi connectivity index (χ1) is 22.5. The van der Waals surface area contributed by atoms with E-state index in [1.807, 2.05) is 56.3 Å². The molecule has 4 aromatic rings. The number of hydrogen-bond donors (Lipinski definition) is 1. The maximum atomic E-state index is 12.7. The van der Waals surface area contributed by atoms with E-state index < -0.39 is 0 Å². The van der Waals surface area contributed by atoms with Gasteiger partial charge in [-0.15, -0.1) is 0 Å². The van der Waals surface area contributed by atoms with Gasteiger partial charge in [-0.1, -0.05) is 34.1 Å². The molecule has 0 saturated carbocycles. The predicted octanol–water partition coefficient (Wildman–Crippen LogP) is 6.48. The van der Waals surface area contributed by atoms with Gasteiger partial charge in [-0.2, -0.15) is 0 Å². The molecule has 0 aliphatic carbocycles. The monoisotopic (exact) mass is 831 g/mol. The molecule has 0 radical (unpaired) electrons. The minimum atomic E-state index is -0.0925. The second-order valence-corrected chi connectivity index (χ2v) is 13.6. The van der Waals surface area contributed by atoms with E-state index in [4.69, 9.17) is 15.2 Å². The van der Waals surface area contributed by atoms with Crippen LogP contribution in [0.1, 0.15) is 29.8 Å². The Labute approximate surface area is 299 Å². The number of aryl methyl sites for hydroxylation is 2. The maximum absolute atomic E-state index is 12.7. The molecule has 2 aromatic carbocycles. The van der Waals surface area contributed by atoms with E-state index >= 15 is 0 Å². The van der Waals surface area contributed by atoms with E-state index in [-0.39, 0.29) is 22.6 Å². The van der Waals surface area contributed by atoms with Crippen molar-refractivity contribution in [3.05, 3.63) is 86.8 Å². The highest BCUT2D eigenvalue weighted by molar-refractivity contribution is 9.11. The Bertz CT molecular complexity index is 1710. The number of methoxy groups -OCH3 is 2. The Balaban J connectivity index is 0.000000178. The lowest BCUT2D eigenvalue weighted by atomic mass is 9.98. The van der Waals surface area contributed by atoms with Crippen molar-refractivity contribution < 1.29 is 19.1 Å². The lowest BCUT2D eigenvalue weighted by Crippen LogP contribution is -2.29. The molecule has 2 saturated heterocycles. The molecule has 2 aliphatic rings. The van der Waals surface area contributed by atoms with Gasteiger partial charge < -0.3 is 15.2 Å². The summed E-state index contributed by atoms with van der Waals surface area (Å²) in [6, 6.07) is 15.2. The highest BCUT2D eigenvalue weighted by atomic mass is 79.9. The molecule has 2 aliphatic heterocycles. The van der Waals surface area contributed by atoms with Crippen molar-refractivity contribution in [3.8, 4) is 11.5 Å². The standard InChI is InChI=1S/C17H18BrN3O2.C9H9Br2N3O.C7H9NO/c1-11-15(18)10-19-17(20-11)21-7-6-13(16(21)22)8-12-4-3-5-14(9-12)23-2;1-5-7(11)4-12-9(13-5)14-3-2-6(10)8(14)15;1-9-7-4-2-3-6(8)5-7/h3-5,9-10,13H,6-8H2,1-2H3;4,6H,2-3H2,1H3;2-5H,8H2,1H3. The zero-order chi connectivity index (χ0) is 34.1. The van der Waals surface area contributed by atoms with E-state index in [0.29, 0.717) is 31.4 Å². The molecule has 11 nitrogen and oxygen atoms in total. The molecule has 0 spiro atoms. The summed E-state index contributed by atoms with van der Waals surface area (Å²) in [4.78, 5) is 44.6. The van der Waals surface area contributed by atoms with Gasteiger partial charge in [0.05, 0.1) is 39.4 Å². The zero-order valence-electron chi connectivity index (χ0n) is 26.5. The number of rotatable bonds is 6. The van der Waals surface area contributed by atoms with Gasteiger partial charge in [0, 0.05) is 43.2 Å². The quantitative estimate of drug-likeness (QED) is 0.171. The van der Waals surface area contributed by atoms with Gasteiger partial charge in [-0.25, -0.2) is 19.9 Å². The van der Waals surface area contributed by atoms with E-state index in [2.05, 4.69) is 67.7 Å². The fourth-order valence-corrected chi connectivity index (χ4v) is 5.67. The van der Waals surface area contributed by atoms with Crippen LogP contribution in [0.25, 0.3) is 0 Å². The van der Waals surface area contributed by atoms with Crippen molar-refractivity contribution in [3.63, 3.8) is 0 Å². The number of anilines is 3. The number of nitrogen functional groups attached to an aromatic ring is 1. The maximum Gasteiger partial charge on any atom is 0.243 e. The van der Waals surface area contributed by atoms with Gasteiger partial charge in [0.1, 0.15) is 11.5 Å². The van der Waals surface area contributed by atoms with Crippen LogP contribution < -0.4 is 25.0 Å². The van der Waals surface area contributed by atoms with Gasteiger partial charge in [0.2, 0.25) is 23.7 Å². The molecule has 2 N–H and O–H groups in total. The molecule has 248 valence electrons. The Morgan fingerprint density at radius 1 is 0.809 bits per heavy atom. The van der Waals surface area contributed by atoms with Crippen LogP contribution in [0.15, 0.2) is 69.9 Å². The van der Waals surface area contributed by atoms with Gasteiger partial charge in [0.25, 0.3) is 0 Å². The van der Waals surface area contributed by atoms with Crippen LogP contribution in [0.2, 0.25) is 0 Å². The van der Waals surface area contributed by atoms with E-state index in [0.717, 1.165) is 55.9 Å². The van der Waals surface area contributed by atoms with Crippen molar-refractivity contribution in [2.75, 3.05) is 42.8 Å². The second kappa shape index (κ2) is 17.0. The van der Waals surface area contributed by atoms with Crippen molar-refractivity contribution >= 4 is 77.2 Å². The number of carbonyl (C=O) groups excluding carboxylic acids is 2. The van der Waals surface area contributed by atoms with Crippen LogP contribution in [-0.4, -0.2) is 63.9 Å². The van der Waals surface area contributed by atoms with Gasteiger partial charge in [0.15, 0.2) is 0 Å². The summed E-state index contributed by atoms with van der Waals surface area (Å²) in [5.41, 5.74) is 8.96. The van der Waals surface area contributed by atoms with Crippen molar-refractivity contribution in [1.29, 1.82) is 0 Å². The van der Waals surface area contributed by atoms with E-state index in [1.54, 1.807) is 42.5 Å². The third-order valence-electron chi connectivity index (χ3n) is 7.46. The SMILES string of the molecule is COc1cccc(CC2CCN(c3ncc(Br)c(C)n3)C2=O)c1.COc1cccc(N)c1.Cc1nc(N2CCC(Br)C2=O)ncc1Br. The number of ether oxygens (including phenoxy) is 2. The minimum Gasteiger partial charge on any atom is -0.497 e. The predicted molar refractivity (Wildman–Crippen MR) is 193 cm³/mol. The number of alkyl halides is 1. The van der Waals surface area contributed by atoms with Gasteiger partial charge in [-0.3, -0.25) is 19.4 Å².